The van der Waals surface area contributed by atoms with Crippen LogP contribution in [-0.2, 0) is 6.54 Å². The summed E-state index contributed by atoms with van der Waals surface area (Å²) in [4.78, 5) is 13.5. The predicted molar refractivity (Wildman–Crippen MR) is 84.5 cm³/mol. The minimum Gasteiger partial charge on any atom is -0.478 e. The molecular formula is C17H26N2O2. The van der Waals surface area contributed by atoms with Crippen LogP contribution in [-0.4, -0.2) is 41.7 Å². The summed E-state index contributed by atoms with van der Waals surface area (Å²) >= 11 is 0. The van der Waals surface area contributed by atoms with E-state index in [1.807, 2.05) is 6.07 Å². The third-order valence-corrected chi connectivity index (χ3v) is 4.10. The highest BCUT2D eigenvalue weighted by Gasteiger charge is 2.17. The zero-order valence-electron chi connectivity index (χ0n) is 13.0. The fraction of sp³-hybridized carbons (Fsp3) is 0.588. The molecule has 116 valence electrons. The Morgan fingerprint density at radius 3 is 3.05 bits per heavy atom. The van der Waals surface area contributed by atoms with Gasteiger partial charge in [0.25, 0.3) is 0 Å². The second-order valence-corrected chi connectivity index (χ2v) is 6.29. The van der Waals surface area contributed by atoms with Gasteiger partial charge in [-0.3, -0.25) is 0 Å². The maximum atomic E-state index is 11.0. The van der Waals surface area contributed by atoms with E-state index in [-0.39, 0.29) is 0 Å². The van der Waals surface area contributed by atoms with Crippen molar-refractivity contribution in [1.82, 2.24) is 10.2 Å². The molecule has 1 saturated heterocycles. The number of carboxylic acid groups (broad SMARTS) is 1. The van der Waals surface area contributed by atoms with Crippen LogP contribution in [0.25, 0.3) is 0 Å². The Kier molecular flexibility index (Phi) is 5.76. The van der Waals surface area contributed by atoms with E-state index < -0.39 is 5.97 Å². The van der Waals surface area contributed by atoms with Gasteiger partial charge in [0.2, 0.25) is 0 Å². The van der Waals surface area contributed by atoms with Crippen molar-refractivity contribution in [3.63, 3.8) is 0 Å². The van der Waals surface area contributed by atoms with Crippen molar-refractivity contribution >= 4 is 5.97 Å². The van der Waals surface area contributed by atoms with Gasteiger partial charge in [-0.15, -0.1) is 0 Å². The lowest BCUT2D eigenvalue weighted by Gasteiger charge is -2.33. The van der Waals surface area contributed by atoms with Crippen LogP contribution in [0.1, 0.15) is 42.6 Å². The SMILES string of the molecule is CC1CCCN(CC(C)NCc2cccc(C(=O)O)c2)C1. The molecule has 2 rings (SSSR count). The summed E-state index contributed by atoms with van der Waals surface area (Å²) in [7, 11) is 0. The molecule has 4 heteroatoms. The average molecular weight is 290 g/mol. The molecule has 4 nitrogen and oxygen atoms in total. The molecule has 0 saturated carbocycles. The third-order valence-electron chi connectivity index (χ3n) is 4.10. The van der Waals surface area contributed by atoms with Gasteiger partial charge in [-0.25, -0.2) is 4.79 Å². The highest BCUT2D eigenvalue weighted by Crippen LogP contribution is 2.15. The first-order valence-electron chi connectivity index (χ1n) is 7.82. The molecule has 1 heterocycles. The van der Waals surface area contributed by atoms with Crippen molar-refractivity contribution < 1.29 is 9.90 Å². The van der Waals surface area contributed by atoms with Crippen LogP contribution in [0.4, 0.5) is 0 Å². The second-order valence-electron chi connectivity index (χ2n) is 6.29. The molecule has 1 aromatic rings. The molecule has 21 heavy (non-hydrogen) atoms. The van der Waals surface area contributed by atoms with Crippen LogP contribution in [0.2, 0.25) is 0 Å². The summed E-state index contributed by atoms with van der Waals surface area (Å²) in [6, 6.07) is 7.55. The lowest BCUT2D eigenvalue weighted by Crippen LogP contribution is -2.43. The number of hydrogen-bond donors (Lipinski definition) is 2. The second kappa shape index (κ2) is 7.57. The molecule has 0 amide bonds. The summed E-state index contributed by atoms with van der Waals surface area (Å²) in [5.74, 6) is -0.0644. The summed E-state index contributed by atoms with van der Waals surface area (Å²) in [5, 5.41) is 12.5. The van der Waals surface area contributed by atoms with Gasteiger partial charge in [0.1, 0.15) is 0 Å². The number of nitrogens with zero attached hydrogens (tertiary/aromatic N) is 1. The lowest BCUT2D eigenvalue weighted by atomic mass is 10.00. The van der Waals surface area contributed by atoms with Crippen molar-refractivity contribution in [2.75, 3.05) is 19.6 Å². The van der Waals surface area contributed by atoms with Crippen LogP contribution in [0.5, 0.6) is 0 Å². The van der Waals surface area contributed by atoms with Crippen LogP contribution >= 0.6 is 0 Å². The minimum atomic E-state index is -0.868. The van der Waals surface area contributed by atoms with Gasteiger partial charge >= 0.3 is 5.97 Å². The monoisotopic (exact) mass is 290 g/mol. The number of rotatable bonds is 6. The molecule has 1 aliphatic rings. The first-order chi connectivity index (χ1) is 10.0. The van der Waals surface area contributed by atoms with E-state index in [0.29, 0.717) is 18.2 Å². The van der Waals surface area contributed by atoms with Gasteiger partial charge in [-0.1, -0.05) is 19.1 Å². The molecule has 0 radical (unpaired) electrons. The maximum Gasteiger partial charge on any atom is 0.335 e. The number of benzene rings is 1. The van der Waals surface area contributed by atoms with E-state index in [1.165, 1.54) is 25.9 Å². The molecule has 0 aliphatic carbocycles. The van der Waals surface area contributed by atoms with E-state index in [1.54, 1.807) is 18.2 Å². The van der Waals surface area contributed by atoms with Crippen LogP contribution in [0.3, 0.4) is 0 Å². The topological polar surface area (TPSA) is 52.6 Å². The van der Waals surface area contributed by atoms with Crippen molar-refractivity contribution in [2.24, 2.45) is 5.92 Å². The normalized spacial score (nSPS) is 21.1. The van der Waals surface area contributed by atoms with E-state index >= 15 is 0 Å². The molecule has 0 bridgehead atoms. The Labute approximate surface area is 127 Å². The van der Waals surface area contributed by atoms with E-state index in [9.17, 15) is 4.79 Å². The van der Waals surface area contributed by atoms with Crippen molar-refractivity contribution in [3.05, 3.63) is 35.4 Å². The fourth-order valence-electron chi connectivity index (χ4n) is 3.01. The number of hydrogen-bond acceptors (Lipinski definition) is 3. The maximum absolute atomic E-state index is 11.0. The number of nitrogens with one attached hydrogen (secondary N) is 1. The molecule has 1 aliphatic heterocycles. The number of aromatic carboxylic acids is 1. The largest absolute Gasteiger partial charge is 0.478 e. The van der Waals surface area contributed by atoms with Gasteiger partial charge in [-0.05, 0) is 49.9 Å². The molecule has 2 N–H and O–H groups in total. The quantitative estimate of drug-likeness (QED) is 0.845. The van der Waals surface area contributed by atoms with E-state index in [0.717, 1.165) is 18.0 Å². The van der Waals surface area contributed by atoms with Crippen molar-refractivity contribution in [1.29, 1.82) is 0 Å². The first-order valence-corrected chi connectivity index (χ1v) is 7.82. The third kappa shape index (κ3) is 5.14. The summed E-state index contributed by atoms with van der Waals surface area (Å²) < 4.78 is 0. The van der Waals surface area contributed by atoms with Gasteiger partial charge < -0.3 is 15.3 Å². The van der Waals surface area contributed by atoms with Gasteiger partial charge in [-0.2, -0.15) is 0 Å². The van der Waals surface area contributed by atoms with Gasteiger partial charge in [0.15, 0.2) is 0 Å². The average Bonchev–Trinajstić information content (AvgIpc) is 2.45. The summed E-state index contributed by atoms with van der Waals surface area (Å²) in [6.07, 6.45) is 2.65. The smallest absolute Gasteiger partial charge is 0.335 e. The lowest BCUT2D eigenvalue weighted by molar-refractivity contribution is 0.0696. The number of piperidine rings is 1. The van der Waals surface area contributed by atoms with Gasteiger partial charge in [0.05, 0.1) is 5.56 Å². The molecule has 1 aromatic carbocycles. The highest BCUT2D eigenvalue weighted by molar-refractivity contribution is 5.87. The Morgan fingerprint density at radius 2 is 2.33 bits per heavy atom. The van der Waals surface area contributed by atoms with E-state index in [2.05, 4.69) is 24.1 Å². The fourth-order valence-corrected chi connectivity index (χ4v) is 3.01. The zero-order valence-corrected chi connectivity index (χ0v) is 13.0. The molecule has 2 atom stereocenters. The zero-order chi connectivity index (χ0) is 15.2. The Hall–Kier alpha value is -1.39. The first kappa shape index (κ1) is 16.0. The Balaban J connectivity index is 1.79. The number of likely N-dealkylation sites (tertiary alicyclic amines) is 1. The highest BCUT2D eigenvalue weighted by atomic mass is 16.4. The molecule has 1 fully saturated rings. The Morgan fingerprint density at radius 1 is 1.52 bits per heavy atom. The molecular weight excluding hydrogens is 264 g/mol. The van der Waals surface area contributed by atoms with E-state index in [4.69, 9.17) is 5.11 Å². The molecule has 2 unspecified atom stereocenters. The van der Waals surface area contributed by atoms with Crippen LogP contribution < -0.4 is 5.32 Å². The molecule has 0 spiro atoms. The standard InChI is InChI=1S/C17H26N2O2/c1-13-5-4-8-19(11-13)12-14(2)18-10-15-6-3-7-16(9-15)17(20)21/h3,6-7,9,13-14,18H,4-5,8,10-12H2,1-2H3,(H,20,21). The van der Waals surface area contributed by atoms with Gasteiger partial charge in [0, 0.05) is 25.7 Å². The number of carboxylic acids is 1. The minimum absolute atomic E-state index is 0.354. The van der Waals surface area contributed by atoms with Crippen LogP contribution in [0, 0.1) is 5.92 Å². The summed E-state index contributed by atoms with van der Waals surface area (Å²) in [6.45, 7) is 8.68. The summed E-state index contributed by atoms with van der Waals surface area (Å²) in [5.41, 5.74) is 1.38. The van der Waals surface area contributed by atoms with Crippen LogP contribution in [0.15, 0.2) is 24.3 Å². The van der Waals surface area contributed by atoms with Crippen molar-refractivity contribution in [3.8, 4) is 0 Å². The van der Waals surface area contributed by atoms with Crippen molar-refractivity contribution in [2.45, 2.75) is 39.3 Å². The predicted octanol–water partition coefficient (Wildman–Crippen LogP) is 2.59. The number of carbonyl (C=O) groups is 1. The molecule has 0 aromatic heterocycles. The Bertz CT molecular complexity index is 476.